The van der Waals surface area contributed by atoms with Crippen molar-refractivity contribution in [1.29, 1.82) is 0 Å². The Morgan fingerprint density at radius 3 is 2.58 bits per heavy atom. The van der Waals surface area contributed by atoms with Crippen LogP contribution in [-0.2, 0) is 9.47 Å². The summed E-state index contributed by atoms with van der Waals surface area (Å²) in [6.45, 7) is 10.9. The van der Waals surface area contributed by atoms with Gasteiger partial charge in [0.2, 0.25) is 0 Å². The first-order valence-corrected chi connectivity index (χ1v) is 13.3. The normalized spacial score (nSPS) is 13.7. The first-order chi connectivity index (χ1) is 17.1. The van der Waals surface area contributed by atoms with Crippen LogP contribution in [-0.4, -0.2) is 42.0 Å². The van der Waals surface area contributed by atoms with Crippen molar-refractivity contribution in [2.45, 2.75) is 51.2 Å². The van der Waals surface area contributed by atoms with Crippen LogP contribution in [0.3, 0.4) is 0 Å². The quantitative estimate of drug-likeness (QED) is 0.328. The minimum absolute atomic E-state index is 0.0965. The summed E-state index contributed by atoms with van der Waals surface area (Å²) < 4.78 is 13.7. The predicted molar refractivity (Wildman–Crippen MR) is 146 cm³/mol. The third-order valence-corrected chi connectivity index (χ3v) is 7.35. The summed E-state index contributed by atoms with van der Waals surface area (Å²) in [6.07, 6.45) is 0.886. The highest BCUT2D eigenvalue weighted by molar-refractivity contribution is 7.97. The maximum Gasteiger partial charge on any atom is 0.414 e. The van der Waals surface area contributed by atoms with Crippen LogP contribution in [0, 0.1) is 0 Å². The highest BCUT2D eigenvalue weighted by Crippen LogP contribution is 2.39. The molecular weight excluding hydrogens is 496 g/mol. The molecule has 8 nitrogen and oxygen atoms in total. The average molecular weight is 527 g/mol. The molecule has 2 heterocycles. The highest BCUT2D eigenvalue weighted by Gasteiger charge is 2.25. The number of nitrogens with one attached hydrogen (secondary N) is 2. The van der Waals surface area contributed by atoms with Gasteiger partial charge in [0.15, 0.2) is 0 Å². The minimum Gasteiger partial charge on any atom is -0.447 e. The number of cyclic esters (lactones) is 1. The zero-order valence-electron chi connectivity index (χ0n) is 21.0. The van der Waals surface area contributed by atoms with E-state index in [-0.39, 0.29) is 17.7 Å². The lowest BCUT2D eigenvalue weighted by Crippen LogP contribution is -2.30. The fourth-order valence-electron chi connectivity index (χ4n) is 3.39. The van der Waals surface area contributed by atoms with Crippen molar-refractivity contribution in [3.05, 3.63) is 48.7 Å². The van der Waals surface area contributed by atoms with Crippen LogP contribution in [0.15, 0.2) is 53.6 Å². The summed E-state index contributed by atoms with van der Waals surface area (Å²) in [6, 6.07) is 13.5. The highest BCUT2D eigenvalue weighted by atomic mass is 32.2. The number of hydrogen-bond acceptors (Lipinski definition) is 8. The molecule has 0 unspecified atom stereocenters. The average Bonchev–Trinajstić information content (AvgIpc) is 3.46. The van der Waals surface area contributed by atoms with Gasteiger partial charge in [-0.2, -0.15) is 0 Å². The summed E-state index contributed by atoms with van der Waals surface area (Å²) in [7, 11) is 0. The molecule has 1 saturated heterocycles. The Bertz CT molecular complexity index is 1240. The summed E-state index contributed by atoms with van der Waals surface area (Å²) in [4.78, 5) is 32.2. The van der Waals surface area contributed by atoms with E-state index in [9.17, 15) is 9.59 Å². The number of aromatic nitrogens is 1. The van der Waals surface area contributed by atoms with Crippen molar-refractivity contribution in [2.24, 2.45) is 0 Å². The number of carbonyl (C=O) groups is 2. The molecule has 1 fully saturated rings. The Hall–Kier alpha value is -3.08. The van der Waals surface area contributed by atoms with E-state index in [1.807, 2.05) is 48.7 Å². The van der Waals surface area contributed by atoms with Gasteiger partial charge >= 0.3 is 12.2 Å². The van der Waals surface area contributed by atoms with Gasteiger partial charge in [0.1, 0.15) is 11.6 Å². The molecule has 1 aliphatic rings. The van der Waals surface area contributed by atoms with Crippen molar-refractivity contribution < 1.29 is 19.1 Å². The second kappa shape index (κ2) is 10.9. The Morgan fingerprint density at radius 2 is 1.94 bits per heavy atom. The summed E-state index contributed by atoms with van der Waals surface area (Å²) in [5, 5.41) is 3.59. The number of anilines is 2. The number of benzene rings is 2. The molecule has 0 saturated carbocycles. The summed E-state index contributed by atoms with van der Waals surface area (Å²) in [5.74, 6) is 0. The van der Waals surface area contributed by atoms with Gasteiger partial charge in [-0.1, -0.05) is 6.07 Å². The van der Waals surface area contributed by atoms with E-state index < -0.39 is 6.09 Å². The fraction of sp³-hybridized carbons (Fsp3) is 0.346. The molecular formula is C26H30N4O4S2. The van der Waals surface area contributed by atoms with E-state index in [1.54, 1.807) is 30.1 Å². The number of nitrogens with zero attached hydrogens (tertiary/aromatic N) is 2. The number of carbonyl (C=O) groups excluding carboxylic acids is 2. The number of rotatable bonds is 7. The van der Waals surface area contributed by atoms with Crippen LogP contribution in [0.25, 0.3) is 21.0 Å². The molecule has 2 N–H and O–H groups in total. The standard InChI is InChI=1S/C26H30N4O4S2/c1-16(2)34-24(31)28-18-8-6-17(7-9-18)23-27-15-22(35-23)20-11-10-19(30-12-13-33-25(30)32)14-21(20)36-29-26(3,4)5/h6-11,14-16,29H,12-13H2,1-5H3,(H,28,31). The van der Waals surface area contributed by atoms with Crippen molar-refractivity contribution in [1.82, 2.24) is 9.71 Å². The van der Waals surface area contributed by atoms with E-state index in [2.05, 4.69) is 35.8 Å². The van der Waals surface area contributed by atoms with Crippen LogP contribution in [0.1, 0.15) is 34.6 Å². The second-order valence-corrected chi connectivity index (χ2v) is 11.5. The predicted octanol–water partition coefficient (Wildman–Crippen LogP) is 6.79. The SMILES string of the molecule is CC(C)OC(=O)Nc1ccc(-c2ncc(-c3ccc(N4CCOC4=O)cc3SNC(C)(C)C)s2)cc1. The zero-order valence-corrected chi connectivity index (χ0v) is 22.6. The third kappa shape index (κ3) is 6.57. The van der Waals surface area contributed by atoms with E-state index in [4.69, 9.17) is 9.47 Å². The number of thiazole rings is 1. The molecule has 36 heavy (non-hydrogen) atoms. The van der Waals surface area contributed by atoms with Gasteiger partial charge < -0.3 is 9.47 Å². The van der Waals surface area contributed by atoms with Crippen LogP contribution in [0.4, 0.5) is 21.0 Å². The Labute approximate surface area is 219 Å². The molecule has 2 aromatic carbocycles. The molecule has 3 aromatic rings. The van der Waals surface area contributed by atoms with Gasteiger partial charge in [0, 0.05) is 39.1 Å². The number of ether oxygens (including phenoxy) is 2. The lowest BCUT2D eigenvalue weighted by molar-refractivity contribution is 0.130. The topological polar surface area (TPSA) is 92.8 Å². The van der Waals surface area contributed by atoms with Gasteiger partial charge in [0.05, 0.1) is 17.5 Å². The maximum atomic E-state index is 12.1. The first kappa shape index (κ1) is 26.0. The summed E-state index contributed by atoms with van der Waals surface area (Å²) in [5.41, 5.74) is 3.35. The fourth-order valence-corrected chi connectivity index (χ4v) is 5.30. The Kier molecular flexibility index (Phi) is 7.87. The third-order valence-electron chi connectivity index (χ3n) is 5.00. The molecule has 10 heteroatoms. The van der Waals surface area contributed by atoms with Crippen molar-refractivity contribution in [3.8, 4) is 21.0 Å². The van der Waals surface area contributed by atoms with Crippen LogP contribution < -0.4 is 14.9 Å². The van der Waals surface area contributed by atoms with Gasteiger partial charge in [-0.15, -0.1) is 11.3 Å². The van der Waals surface area contributed by atoms with Crippen LogP contribution in [0.5, 0.6) is 0 Å². The minimum atomic E-state index is -0.478. The van der Waals surface area contributed by atoms with Gasteiger partial charge in [-0.3, -0.25) is 14.9 Å². The molecule has 190 valence electrons. The Morgan fingerprint density at radius 1 is 1.19 bits per heavy atom. The van der Waals surface area contributed by atoms with Crippen molar-refractivity contribution in [3.63, 3.8) is 0 Å². The van der Waals surface area contributed by atoms with E-state index in [0.29, 0.717) is 18.8 Å². The van der Waals surface area contributed by atoms with E-state index in [0.717, 1.165) is 31.6 Å². The molecule has 2 amide bonds. The molecule has 0 radical (unpaired) electrons. The summed E-state index contributed by atoms with van der Waals surface area (Å²) >= 11 is 3.12. The molecule has 1 aromatic heterocycles. The number of amides is 2. The van der Waals surface area contributed by atoms with E-state index in [1.165, 1.54) is 11.9 Å². The smallest absolute Gasteiger partial charge is 0.414 e. The lowest BCUT2D eigenvalue weighted by atomic mass is 10.1. The molecule has 1 aliphatic heterocycles. The molecule has 0 atom stereocenters. The van der Waals surface area contributed by atoms with Crippen LogP contribution in [0.2, 0.25) is 0 Å². The molecule has 4 rings (SSSR count). The van der Waals surface area contributed by atoms with Gasteiger partial charge in [-0.25, -0.2) is 14.6 Å². The lowest BCUT2D eigenvalue weighted by Gasteiger charge is -2.21. The van der Waals surface area contributed by atoms with Crippen LogP contribution >= 0.6 is 23.3 Å². The monoisotopic (exact) mass is 526 g/mol. The largest absolute Gasteiger partial charge is 0.447 e. The van der Waals surface area contributed by atoms with Gasteiger partial charge in [-0.05, 0) is 83.0 Å². The molecule has 0 bridgehead atoms. The maximum absolute atomic E-state index is 12.1. The molecule has 0 aliphatic carbocycles. The second-order valence-electron chi connectivity index (χ2n) is 9.59. The van der Waals surface area contributed by atoms with Crippen molar-refractivity contribution >= 4 is 46.8 Å². The van der Waals surface area contributed by atoms with E-state index >= 15 is 0 Å². The van der Waals surface area contributed by atoms with Crippen molar-refractivity contribution in [2.75, 3.05) is 23.4 Å². The number of hydrogen-bond donors (Lipinski definition) is 2. The first-order valence-electron chi connectivity index (χ1n) is 11.7. The molecule has 0 spiro atoms. The zero-order chi connectivity index (χ0) is 25.9. The van der Waals surface area contributed by atoms with Gasteiger partial charge in [0.25, 0.3) is 0 Å². The Balaban J connectivity index is 1.57.